The maximum Gasteiger partial charge on any atom is 0.113 e. The maximum atomic E-state index is 4.69. The normalized spacial score (nSPS) is 12.0. The minimum Gasteiger partial charge on any atom is -0.353 e. The molecule has 1 aromatic carbocycles. The van der Waals surface area contributed by atoms with Crippen LogP contribution in [0.3, 0.4) is 0 Å². The molecule has 0 saturated carbocycles. The molecule has 0 radical (unpaired) electrons. The molecule has 0 fully saturated rings. The van der Waals surface area contributed by atoms with Gasteiger partial charge in [-0.3, -0.25) is 9.97 Å². The van der Waals surface area contributed by atoms with Gasteiger partial charge in [0.2, 0.25) is 0 Å². The fourth-order valence-corrected chi connectivity index (χ4v) is 7.86. The molecule has 0 aliphatic carbocycles. The summed E-state index contributed by atoms with van der Waals surface area (Å²) in [4.78, 5) is 14.2. The lowest BCUT2D eigenvalue weighted by molar-refractivity contribution is 1.26. The summed E-state index contributed by atoms with van der Waals surface area (Å²) >= 11 is 5.57. The Kier molecular flexibility index (Phi) is 3.46. The Hall–Kier alpha value is -3.06. The average molecular weight is 440 g/mol. The van der Waals surface area contributed by atoms with Crippen molar-refractivity contribution in [3.8, 4) is 21.8 Å². The van der Waals surface area contributed by atoms with Gasteiger partial charge in [0.15, 0.2) is 0 Å². The summed E-state index contributed by atoms with van der Waals surface area (Å²) in [6.07, 6.45) is 3.77. The van der Waals surface area contributed by atoms with Gasteiger partial charge in [-0.25, -0.2) is 0 Å². The van der Waals surface area contributed by atoms with E-state index in [0.717, 1.165) is 22.4 Å². The van der Waals surface area contributed by atoms with Gasteiger partial charge in [-0.05, 0) is 47.3 Å². The second-order valence-electron chi connectivity index (χ2n) is 7.20. The molecule has 7 rings (SSSR count). The first-order valence-corrected chi connectivity index (χ1v) is 12.1. The number of hydrogen-bond donors (Lipinski definition) is 1. The number of nitrogens with zero attached hydrogens (tertiary/aromatic N) is 2. The zero-order valence-electron chi connectivity index (χ0n) is 15.5. The highest BCUT2D eigenvalue weighted by molar-refractivity contribution is 7.38. The molecule has 6 heterocycles. The molecule has 6 aromatic heterocycles. The lowest BCUT2D eigenvalue weighted by Crippen LogP contribution is -1.89. The standard InChI is InChI=1S/C24H13N3S3/c1-2-4-16-14(3-1)15-6-9-26-22(21(15)27-16)17-11-13(5-8-25-17)19-12-20-24(30-19)23-18(29-20)7-10-28-23/h1-12,27H. The molecule has 0 amide bonds. The molecule has 0 bridgehead atoms. The Morgan fingerprint density at radius 3 is 2.70 bits per heavy atom. The minimum atomic E-state index is 0.891. The van der Waals surface area contributed by atoms with Crippen LogP contribution in [0.4, 0.5) is 0 Å². The molecule has 6 heteroatoms. The van der Waals surface area contributed by atoms with Gasteiger partial charge in [-0.2, -0.15) is 0 Å². The van der Waals surface area contributed by atoms with Gasteiger partial charge in [0.25, 0.3) is 0 Å². The molecule has 3 nitrogen and oxygen atoms in total. The first kappa shape index (κ1) is 16.7. The summed E-state index contributed by atoms with van der Waals surface area (Å²) in [6.45, 7) is 0. The summed E-state index contributed by atoms with van der Waals surface area (Å²) in [6, 6.07) is 19.2. The number of nitrogens with one attached hydrogen (secondary N) is 1. The van der Waals surface area contributed by atoms with E-state index in [1.807, 2.05) is 46.4 Å². The Balaban J connectivity index is 1.41. The van der Waals surface area contributed by atoms with Crippen LogP contribution in [0.2, 0.25) is 0 Å². The number of rotatable bonds is 2. The number of benzene rings is 1. The minimum absolute atomic E-state index is 0.891. The zero-order chi connectivity index (χ0) is 19.7. The molecule has 7 aromatic rings. The topological polar surface area (TPSA) is 41.6 Å². The molecule has 142 valence electrons. The van der Waals surface area contributed by atoms with Crippen LogP contribution >= 0.6 is 34.0 Å². The van der Waals surface area contributed by atoms with Crippen molar-refractivity contribution in [1.82, 2.24) is 15.0 Å². The Bertz CT molecular complexity index is 1710. The molecule has 0 atom stereocenters. The van der Waals surface area contributed by atoms with Crippen molar-refractivity contribution in [3.63, 3.8) is 0 Å². The second kappa shape index (κ2) is 6.22. The van der Waals surface area contributed by atoms with Gasteiger partial charge in [-0.1, -0.05) is 18.2 Å². The molecule has 0 aliphatic rings. The van der Waals surface area contributed by atoms with Crippen molar-refractivity contribution in [2.75, 3.05) is 0 Å². The molecule has 0 spiro atoms. The highest BCUT2D eigenvalue weighted by atomic mass is 32.1. The van der Waals surface area contributed by atoms with Crippen LogP contribution in [0.1, 0.15) is 0 Å². The first-order valence-electron chi connectivity index (χ1n) is 9.57. The lowest BCUT2D eigenvalue weighted by Gasteiger charge is -2.04. The molecule has 0 saturated heterocycles. The molecular formula is C24H13N3S3. The van der Waals surface area contributed by atoms with E-state index in [1.54, 1.807) is 0 Å². The van der Waals surface area contributed by atoms with E-state index in [9.17, 15) is 0 Å². The van der Waals surface area contributed by atoms with Gasteiger partial charge in [0.1, 0.15) is 5.69 Å². The SMILES string of the molecule is c1ccc2c(c1)[nH]c1c(-c3cc(-c4cc5sc6ccsc6c5s4)ccn3)nccc12. The maximum absolute atomic E-state index is 4.69. The highest BCUT2D eigenvalue weighted by Crippen LogP contribution is 2.45. The fraction of sp³-hybridized carbons (Fsp3) is 0. The largest absolute Gasteiger partial charge is 0.353 e. The van der Waals surface area contributed by atoms with Crippen LogP contribution in [0, 0.1) is 0 Å². The van der Waals surface area contributed by atoms with E-state index in [2.05, 4.69) is 74.9 Å². The number of pyridine rings is 2. The van der Waals surface area contributed by atoms with Gasteiger partial charge in [0.05, 0.1) is 20.6 Å². The summed E-state index contributed by atoms with van der Waals surface area (Å²) in [5.74, 6) is 0. The van der Waals surface area contributed by atoms with Crippen LogP contribution in [0.25, 0.3) is 62.4 Å². The number of aromatic nitrogens is 3. The Morgan fingerprint density at radius 2 is 1.70 bits per heavy atom. The van der Waals surface area contributed by atoms with E-state index in [0.29, 0.717) is 0 Å². The third-order valence-electron chi connectivity index (χ3n) is 5.47. The number of fused-ring (bicyclic) bond motifs is 6. The summed E-state index contributed by atoms with van der Waals surface area (Å²) in [7, 11) is 0. The fourth-order valence-electron chi connectivity index (χ4n) is 4.09. The van der Waals surface area contributed by atoms with Crippen LogP contribution < -0.4 is 0 Å². The van der Waals surface area contributed by atoms with Crippen LogP contribution in [-0.4, -0.2) is 15.0 Å². The monoisotopic (exact) mass is 439 g/mol. The van der Waals surface area contributed by atoms with Crippen LogP contribution in [0.5, 0.6) is 0 Å². The summed E-state index contributed by atoms with van der Waals surface area (Å²) in [5, 5.41) is 4.57. The van der Waals surface area contributed by atoms with Crippen molar-refractivity contribution >= 4 is 74.6 Å². The predicted octanol–water partition coefficient (Wildman–Crippen LogP) is 7.94. The van der Waals surface area contributed by atoms with E-state index < -0.39 is 0 Å². The zero-order valence-corrected chi connectivity index (χ0v) is 18.0. The van der Waals surface area contributed by atoms with Gasteiger partial charge in [0, 0.05) is 43.0 Å². The van der Waals surface area contributed by atoms with Crippen molar-refractivity contribution < 1.29 is 0 Å². The van der Waals surface area contributed by atoms with Crippen molar-refractivity contribution in [2.45, 2.75) is 0 Å². The number of H-pyrrole nitrogens is 1. The third kappa shape index (κ3) is 2.35. The van der Waals surface area contributed by atoms with Crippen LogP contribution in [-0.2, 0) is 0 Å². The number of thiophene rings is 3. The number of para-hydroxylation sites is 1. The van der Waals surface area contributed by atoms with E-state index in [-0.39, 0.29) is 0 Å². The highest BCUT2D eigenvalue weighted by Gasteiger charge is 2.15. The van der Waals surface area contributed by atoms with E-state index in [4.69, 9.17) is 0 Å². The quantitative estimate of drug-likeness (QED) is 0.297. The van der Waals surface area contributed by atoms with Gasteiger partial charge in [-0.15, -0.1) is 34.0 Å². The number of aromatic amines is 1. The van der Waals surface area contributed by atoms with Gasteiger partial charge >= 0.3 is 0 Å². The average Bonchev–Trinajstić information content (AvgIpc) is 3.53. The number of hydrogen-bond acceptors (Lipinski definition) is 5. The van der Waals surface area contributed by atoms with E-state index in [1.165, 1.54) is 40.0 Å². The van der Waals surface area contributed by atoms with Crippen molar-refractivity contribution in [2.24, 2.45) is 0 Å². The second-order valence-corrected chi connectivity index (χ2v) is 10.3. The molecule has 0 aliphatic heterocycles. The third-order valence-corrected chi connectivity index (χ3v) is 9.09. The smallest absolute Gasteiger partial charge is 0.113 e. The molecule has 30 heavy (non-hydrogen) atoms. The van der Waals surface area contributed by atoms with Crippen molar-refractivity contribution in [3.05, 3.63) is 72.4 Å². The molecular weight excluding hydrogens is 426 g/mol. The lowest BCUT2D eigenvalue weighted by atomic mass is 10.1. The van der Waals surface area contributed by atoms with E-state index >= 15 is 0 Å². The summed E-state index contributed by atoms with van der Waals surface area (Å²) < 4.78 is 5.56. The van der Waals surface area contributed by atoms with Crippen molar-refractivity contribution in [1.29, 1.82) is 0 Å². The molecule has 0 unspecified atom stereocenters. The van der Waals surface area contributed by atoms with Gasteiger partial charge < -0.3 is 4.98 Å². The Morgan fingerprint density at radius 1 is 0.767 bits per heavy atom. The van der Waals surface area contributed by atoms with Crippen LogP contribution in [0.15, 0.2) is 72.4 Å². The summed E-state index contributed by atoms with van der Waals surface area (Å²) in [5.41, 5.74) is 5.13. The first-order chi connectivity index (χ1) is 14.8. The predicted molar refractivity (Wildman–Crippen MR) is 131 cm³/mol. The Labute approximate surface area is 183 Å². The molecule has 1 N–H and O–H groups in total.